The Morgan fingerprint density at radius 1 is 1.62 bits per heavy atom. The van der Waals surface area contributed by atoms with E-state index in [1.165, 1.54) is 7.11 Å². The predicted octanol–water partition coefficient (Wildman–Crippen LogP) is 2.62. The van der Waals surface area contributed by atoms with Crippen LogP contribution in [0.5, 0.6) is 0 Å². The highest BCUT2D eigenvalue weighted by molar-refractivity contribution is 6.31. The lowest BCUT2D eigenvalue weighted by atomic mass is 9.99. The molecule has 0 bridgehead atoms. The number of anilines is 1. The van der Waals surface area contributed by atoms with Gasteiger partial charge in [0.1, 0.15) is 5.56 Å². The zero-order valence-corrected chi connectivity index (χ0v) is 9.53. The zero-order chi connectivity index (χ0) is 11.7. The van der Waals surface area contributed by atoms with Gasteiger partial charge < -0.3 is 10.1 Å². The van der Waals surface area contributed by atoms with E-state index in [1.807, 2.05) is 0 Å². The van der Waals surface area contributed by atoms with Crippen LogP contribution in [0.4, 0.5) is 10.1 Å². The van der Waals surface area contributed by atoms with Gasteiger partial charge in [0.05, 0.1) is 17.8 Å². The monoisotopic (exact) mass is 243 g/mol. The lowest BCUT2D eigenvalue weighted by Crippen LogP contribution is -2.18. The molecule has 0 amide bonds. The molecule has 0 radical (unpaired) electrons. The second-order valence-corrected chi connectivity index (χ2v) is 4.01. The third-order valence-corrected chi connectivity index (χ3v) is 2.89. The molecule has 0 aromatic heterocycles. The van der Waals surface area contributed by atoms with Gasteiger partial charge in [-0.3, -0.25) is 0 Å². The zero-order valence-electron chi connectivity index (χ0n) is 8.77. The molecule has 0 aliphatic carbocycles. The number of methoxy groups -OCH3 is 1. The summed E-state index contributed by atoms with van der Waals surface area (Å²) in [4.78, 5) is 11.5. The summed E-state index contributed by atoms with van der Waals surface area (Å²) in [7, 11) is 1.22. The molecule has 0 saturated carbocycles. The number of hydrogen-bond donors (Lipinski definition) is 1. The summed E-state index contributed by atoms with van der Waals surface area (Å²) in [6.07, 6.45) is 1.72. The smallest absolute Gasteiger partial charge is 0.343 e. The van der Waals surface area contributed by atoms with E-state index in [0.717, 1.165) is 24.9 Å². The second-order valence-electron chi connectivity index (χ2n) is 3.60. The predicted molar refractivity (Wildman–Crippen MR) is 59.6 cm³/mol. The number of carbonyl (C=O) groups excluding carboxylic acids is 1. The Bertz CT molecular complexity index is 448. The number of rotatable bonds is 1. The second kappa shape index (κ2) is 4.29. The molecule has 86 valence electrons. The van der Waals surface area contributed by atoms with E-state index in [9.17, 15) is 9.18 Å². The maximum absolute atomic E-state index is 13.8. The van der Waals surface area contributed by atoms with E-state index < -0.39 is 11.8 Å². The van der Waals surface area contributed by atoms with Crippen LogP contribution in [0.2, 0.25) is 5.02 Å². The SMILES string of the molecule is COC(=O)c1c(F)c(Cl)cc2c1NCCC2. The maximum atomic E-state index is 13.8. The normalized spacial score (nSPS) is 13.9. The van der Waals surface area contributed by atoms with Crippen molar-refractivity contribution in [3.63, 3.8) is 0 Å². The molecule has 1 aromatic rings. The van der Waals surface area contributed by atoms with Crippen LogP contribution in [0.25, 0.3) is 0 Å². The number of nitrogens with one attached hydrogen (secondary N) is 1. The number of fused-ring (bicyclic) bond motifs is 1. The largest absolute Gasteiger partial charge is 0.465 e. The molecule has 1 heterocycles. The number of benzene rings is 1. The minimum Gasteiger partial charge on any atom is -0.465 e. The highest BCUT2D eigenvalue weighted by Gasteiger charge is 2.25. The number of aryl methyl sites for hydroxylation is 1. The van der Waals surface area contributed by atoms with Gasteiger partial charge in [-0.25, -0.2) is 9.18 Å². The third-order valence-electron chi connectivity index (χ3n) is 2.62. The first kappa shape index (κ1) is 11.2. The summed E-state index contributed by atoms with van der Waals surface area (Å²) in [6, 6.07) is 1.56. The summed E-state index contributed by atoms with van der Waals surface area (Å²) in [5.41, 5.74) is 1.28. The van der Waals surface area contributed by atoms with Crippen molar-refractivity contribution < 1.29 is 13.9 Å². The van der Waals surface area contributed by atoms with Gasteiger partial charge in [0.25, 0.3) is 0 Å². The van der Waals surface area contributed by atoms with E-state index in [-0.39, 0.29) is 10.6 Å². The minimum absolute atomic E-state index is 0.0390. The summed E-state index contributed by atoms with van der Waals surface area (Å²) in [5.74, 6) is -1.42. The molecule has 1 N–H and O–H groups in total. The molecule has 1 aliphatic heterocycles. The first-order valence-electron chi connectivity index (χ1n) is 4.98. The van der Waals surface area contributed by atoms with Gasteiger partial charge in [0, 0.05) is 6.54 Å². The maximum Gasteiger partial charge on any atom is 0.343 e. The van der Waals surface area contributed by atoms with Crippen LogP contribution in [0.1, 0.15) is 22.3 Å². The van der Waals surface area contributed by atoms with Gasteiger partial charge >= 0.3 is 5.97 Å². The molecule has 0 fully saturated rings. The molecule has 0 spiro atoms. The van der Waals surface area contributed by atoms with Crippen molar-refractivity contribution in [3.8, 4) is 0 Å². The topological polar surface area (TPSA) is 38.3 Å². The number of ether oxygens (including phenoxy) is 1. The van der Waals surface area contributed by atoms with Gasteiger partial charge in [0.15, 0.2) is 5.82 Å². The third kappa shape index (κ3) is 1.73. The van der Waals surface area contributed by atoms with E-state index >= 15 is 0 Å². The van der Waals surface area contributed by atoms with Gasteiger partial charge in [0.2, 0.25) is 0 Å². The lowest BCUT2D eigenvalue weighted by Gasteiger charge is -2.21. The van der Waals surface area contributed by atoms with Gasteiger partial charge in [-0.05, 0) is 24.5 Å². The van der Waals surface area contributed by atoms with Crippen LogP contribution in [0.15, 0.2) is 6.07 Å². The van der Waals surface area contributed by atoms with Gasteiger partial charge in [-0.2, -0.15) is 0 Å². The molecule has 0 atom stereocenters. The van der Waals surface area contributed by atoms with Crippen LogP contribution in [-0.4, -0.2) is 19.6 Å². The van der Waals surface area contributed by atoms with E-state index in [4.69, 9.17) is 11.6 Å². The first-order chi connectivity index (χ1) is 7.65. The Hall–Kier alpha value is -1.29. The van der Waals surface area contributed by atoms with Gasteiger partial charge in [-0.1, -0.05) is 11.6 Å². The molecule has 1 aliphatic rings. The molecule has 5 heteroatoms. The van der Waals surface area contributed by atoms with Crippen LogP contribution >= 0.6 is 11.6 Å². The minimum atomic E-state index is -0.721. The Morgan fingerprint density at radius 2 is 2.38 bits per heavy atom. The number of hydrogen-bond acceptors (Lipinski definition) is 3. The van der Waals surface area contributed by atoms with E-state index in [0.29, 0.717) is 5.69 Å². The average molecular weight is 244 g/mol. The van der Waals surface area contributed by atoms with Crippen molar-refractivity contribution in [2.24, 2.45) is 0 Å². The molecular weight excluding hydrogens is 233 g/mol. The summed E-state index contributed by atoms with van der Waals surface area (Å²) < 4.78 is 18.3. The highest BCUT2D eigenvalue weighted by atomic mass is 35.5. The highest BCUT2D eigenvalue weighted by Crippen LogP contribution is 2.33. The molecule has 0 saturated heterocycles. The van der Waals surface area contributed by atoms with Crippen molar-refractivity contribution in [3.05, 3.63) is 28.0 Å². The fraction of sp³-hybridized carbons (Fsp3) is 0.364. The van der Waals surface area contributed by atoms with Crippen molar-refractivity contribution in [1.29, 1.82) is 0 Å². The Labute approximate surface area is 97.5 Å². The first-order valence-corrected chi connectivity index (χ1v) is 5.36. The van der Waals surface area contributed by atoms with Crippen LogP contribution in [0.3, 0.4) is 0 Å². The number of carbonyl (C=O) groups is 1. The number of halogens is 2. The van der Waals surface area contributed by atoms with Crippen LogP contribution in [0, 0.1) is 5.82 Å². The van der Waals surface area contributed by atoms with Crippen molar-refractivity contribution in [2.75, 3.05) is 19.0 Å². The van der Waals surface area contributed by atoms with Crippen molar-refractivity contribution in [1.82, 2.24) is 0 Å². The van der Waals surface area contributed by atoms with Crippen LogP contribution < -0.4 is 5.32 Å². The lowest BCUT2D eigenvalue weighted by molar-refractivity contribution is 0.0596. The molecular formula is C11H11ClFNO2. The van der Waals surface area contributed by atoms with E-state index in [2.05, 4.69) is 10.1 Å². The van der Waals surface area contributed by atoms with Crippen LogP contribution in [-0.2, 0) is 11.2 Å². The molecule has 2 rings (SSSR count). The fourth-order valence-corrected chi connectivity index (χ4v) is 2.09. The fourth-order valence-electron chi connectivity index (χ4n) is 1.86. The molecule has 3 nitrogen and oxygen atoms in total. The molecule has 16 heavy (non-hydrogen) atoms. The Balaban J connectivity index is 2.63. The summed E-state index contributed by atoms with van der Waals surface area (Å²) in [6.45, 7) is 0.720. The summed E-state index contributed by atoms with van der Waals surface area (Å²) >= 11 is 5.74. The Kier molecular flexibility index (Phi) is 3.01. The molecule has 0 unspecified atom stereocenters. The van der Waals surface area contributed by atoms with E-state index in [1.54, 1.807) is 6.07 Å². The standard InChI is InChI=1S/C11H11ClFNO2/c1-16-11(15)8-9(13)7(12)5-6-3-2-4-14-10(6)8/h5,14H,2-4H2,1H3. The van der Waals surface area contributed by atoms with Crippen molar-refractivity contribution >= 4 is 23.3 Å². The quantitative estimate of drug-likeness (QED) is 0.771. The van der Waals surface area contributed by atoms with Gasteiger partial charge in [-0.15, -0.1) is 0 Å². The summed E-state index contributed by atoms with van der Waals surface area (Å²) in [5, 5.41) is 2.98. The molecule has 1 aromatic carbocycles. The number of esters is 1. The average Bonchev–Trinajstić information content (AvgIpc) is 2.30. The van der Waals surface area contributed by atoms with Crippen molar-refractivity contribution in [2.45, 2.75) is 12.8 Å². The Morgan fingerprint density at radius 3 is 3.06 bits per heavy atom.